The van der Waals surface area contributed by atoms with Crippen molar-refractivity contribution in [3.05, 3.63) is 18.1 Å². The van der Waals surface area contributed by atoms with E-state index in [0.717, 1.165) is 50.5 Å². The number of hydrogen-bond donors (Lipinski definition) is 1. The minimum absolute atomic E-state index is 0.321. The van der Waals surface area contributed by atoms with E-state index in [1.54, 1.807) is 12.4 Å². The molecule has 5 heteroatoms. The van der Waals surface area contributed by atoms with E-state index in [4.69, 9.17) is 10.5 Å². The van der Waals surface area contributed by atoms with Crippen molar-refractivity contribution in [1.82, 2.24) is 9.97 Å². The van der Waals surface area contributed by atoms with E-state index < -0.39 is 0 Å². The van der Waals surface area contributed by atoms with Gasteiger partial charge in [-0.15, -0.1) is 0 Å². The molecule has 1 atom stereocenters. The first-order valence-electron chi connectivity index (χ1n) is 6.71. The molecule has 2 rings (SSSR count). The zero-order chi connectivity index (χ0) is 12.8. The number of anilines is 1. The van der Waals surface area contributed by atoms with Gasteiger partial charge in [-0.3, -0.25) is 4.98 Å². The van der Waals surface area contributed by atoms with Gasteiger partial charge in [0.25, 0.3) is 0 Å². The highest BCUT2D eigenvalue weighted by atomic mass is 16.5. The maximum Gasteiger partial charge on any atom is 0.147 e. The lowest BCUT2D eigenvalue weighted by Crippen LogP contribution is -2.40. The van der Waals surface area contributed by atoms with Crippen LogP contribution in [0.2, 0.25) is 0 Å². The van der Waals surface area contributed by atoms with Crippen LogP contribution >= 0.6 is 0 Å². The summed E-state index contributed by atoms with van der Waals surface area (Å²) in [5.74, 6) is 0.919. The smallest absolute Gasteiger partial charge is 0.147 e. The highest BCUT2D eigenvalue weighted by Crippen LogP contribution is 2.19. The van der Waals surface area contributed by atoms with Gasteiger partial charge in [-0.25, -0.2) is 4.98 Å². The van der Waals surface area contributed by atoms with E-state index >= 15 is 0 Å². The second-order valence-electron chi connectivity index (χ2n) is 4.65. The molecule has 0 aromatic carbocycles. The topological polar surface area (TPSA) is 64.3 Å². The fourth-order valence-electron chi connectivity index (χ4n) is 2.21. The van der Waals surface area contributed by atoms with Gasteiger partial charge in [-0.05, 0) is 19.3 Å². The van der Waals surface area contributed by atoms with Gasteiger partial charge in [-0.1, -0.05) is 6.92 Å². The summed E-state index contributed by atoms with van der Waals surface area (Å²) in [4.78, 5) is 11.0. The Kier molecular flexibility index (Phi) is 4.90. The van der Waals surface area contributed by atoms with Gasteiger partial charge < -0.3 is 15.4 Å². The van der Waals surface area contributed by atoms with Crippen LogP contribution in [0.15, 0.2) is 12.4 Å². The predicted octanol–water partition coefficient (Wildman–Crippen LogP) is 1.33. The minimum Gasteiger partial charge on any atom is -0.376 e. The Morgan fingerprint density at radius 1 is 1.50 bits per heavy atom. The van der Waals surface area contributed by atoms with Crippen LogP contribution in [0.4, 0.5) is 5.82 Å². The molecule has 2 N–H and O–H groups in total. The standard InChI is InChI=1S/C13H22N4O/c1-2-6-18-12-4-3-5-17(10-12)13-9-15-8-11(7-14)16-13/h8-9,12H,2-7,10,14H2,1H3. The summed E-state index contributed by atoms with van der Waals surface area (Å²) in [5, 5.41) is 0. The van der Waals surface area contributed by atoms with E-state index in [0.29, 0.717) is 12.6 Å². The summed E-state index contributed by atoms with van der Waals surface area (Å²) in [6.45, 7) is 5.34. The molecule has 1 unspecified atom stereocenters. The fraction of sp³-hybridized carbons (Fsp3) is 0.692. The lowest BCUT2D eigenvalue weighted by molar-refractivity contribution is 0.0439. The van der Waals surface area contributed by atoms with Crippen molar-refractivity contribution in [1.29, 1.82) is 0 Å². The van der Waals surface area contributed by atoms with E-state index in [1.807, 2.05) is 0 Å². The number of aromatic nitrogens is 2. The van der Waals surface area contributed by atoms with Crippen LogP contribution in [-0.4, -0.2) is 35.8 Å². The van der Waals surface area contributed by atoms with Crippen molar-refractivity contribution >= 4 is 5.82 Å². The Labute approximate surface area is 108 Å². The Hall–Kier alpha value is -1.20. The predicted molar refractivity (Wildman–Crippen MR) is 71.4 cm³/mol. The zero-order valence-electron chi connectivity index (χ0n) is 11.0. The molecule has 1 aliphatic heterocycles. The molecule has 18 heavy (non-hydrogen) atoms. The molecule has 0 bridgehead atoms. The monoisotopic (exact) mass is 250 g/mol. The van der Waals surface area contributed by atoms with Crippen molar-refractivity contribution in [2.24, 2.45) is 5.73 Å². The summed E-state index contributed by atoms with van der Waals surface area (Å²) in [6.07, 6.45) is 7.20. The summed E-state index contributed by atoms with van der Waals surface area (Å²) >= 11 is 0. The highest BCUT2D eigenvalue weighted by Gasteiger charge is 2.21. The zero-order valence-corrected chi connectivity index (χ0v) is 11.0. The molecule has 100 valence electrons. The molecular formula is C13H22N4O. The molecule has 0 saturated carbocycles. The van der Waals surface area contributed by atoms with Crippen molar-refractivity contribution in [2.75, 3.05) is 24.6 Å². The largest absolute Gasteiger partial charge is 0.376 e. The summed E-state index contributed by atoms with van der Waals surface area (Å²) in [6, 6.07) is 0. The van der Waals surface area contributed by atoms with Gasteiger partial charge in [0.1, 0.15) is 5.82 Å². The molecule has 5 nitrogen and oxygen atoms in total. The van der Waals surface area contributed by atoms with Crippen LogP contribution in [0.5, 0.6) is 0 Å². The number of nitrogens with two attached hydrogens (primary N) is 1. The summed E-state index contributed by atoms with van der Waals surface area (Å²) < 4.78 is 5.83. The summed E-state index contributed by atoms with van der Waals surface area (Å²) in [5.41, 5.74) is 6.43. The average Bonchev–Trinajstić information content (AvgIpc) is 2.45. The summed E-state index contributed by atoms with van der Waals surface area (Å²) in [7, 11) is 0. The molecule has 1 aliphatic rings. The van der Waals surface area contributed by atoms with Crippen LogP contribution in [0.1, 0.15) is 31.9 Å². The van der Waals surface area contributed by atoms with Crippen LogP contribution in [0.25, 0.3) is 0 Å². The molecule has 1 aromatic rings. The normalized spacial score (nSPS) is 20.1. The molecule has 1 aromatic heterocycles. The number of piperidine rings is 1. The lowest BCUT2D eigenvalue weighted by Gasteiger charge is -2.33. The molecular weight excluding hydrogens is 228 g/mol. The Morgan fingerprint density at radius 3 is 3.17 bits per heavy atom. The van der Waals surface area contributed by atoms with Gasteiger partial charge >= 0.3 is 0 Å². The number of ether oxygens (including phenoxy) is 1. The molecule has 1 saturated heterocycles. The third-order valence-electron chi connectivity index (χ3n) is 3.14. The first-order chi connectivity index (χ1) is 8.83. The van der Waals surface area contributed by atoms with E-state index in [2.05, 4.69) is 21.8 Å². The third-order valence-corrected chi connectivity index (χ3v) is 3.14. The van der Waals surface area contributed by atoms with Gasteiger partial charge in [0.2, 0.25) is 0 Å². The first-order valence-corrected chi connectivity index (χ1v) is 6.71. The van der Waals surface area contributed by atoms with E-state index in [-0.39, 0.29) is 0 Å². The van der Waals surface area contributed by atoms with E-state index in [9.17, 15) is 0 Å². The maximum atomic E-state index is 5.83. The Morgan fingerprint density at radius 2 is 2.39 bits per heavy atom. The van der Waals surface area contributed by atoms with Crippen LogP contribution < -0.4 is 10.6 Å². The van der Waals surface area contributed by atoms with Crippen molar-refractivity contribution in [3.63, 3.8) is 0 Å². The second kappa shape index (κ2) is 6.66. The molecule has 0 amide bonds. The molecule has 2 heterocycles. The molecule has 0 aliphatic carbocycles. The quantitative estimate of drug-likeness (QED) is 0.854. The van der Waals surface area contributed by atoms with Crippen molar-refractivity contribution < 1.29 is 4.74 Å². The Bertz CT molecular complexity index is 372. The lowest BCUT2D eigenvalue weighted by atomic mass is 10.1. The van der Waals surface area contributed by atoms with Crippen molar-refractivity contribution in [3.8, 4) is 0 Å². The maximum absolute atomic E-state index is 5.83. The molecule has 0 radical (unpaired) electrons. The van der Waals surface area contributed by atoms with Crippen LogP contribution in [0, 0.1) is 0 Å². The van der Waals surface area contributed by atoms with Crippen LogP contribution in [-0.2, 0) is 11.3 Å². The van der Waals surface area contributed by atoms with Gasteiger partial charge in [0, 0.05) is 32.4 Å². The SMILES string of the molecule is CCCOC1CCCN(c2cncc(CN)n2)C1. The highest BCUT2D eigenvalue weighted by molar-refractivity contribution is 5.37. The minimum atomic E-state index is 0.321. The number of hydrogen-bond acceptors (Lipinski definition) is 5. The van der Waals surface area contributed by atoms with Gasteiger partial charge in [0.05, 0.1) is 18.0 Å². The van der Waals surface area contributed by atoms with Crippen LogP contribution in [0.3, 0.4) is 0 Å². The molecule has 1 fully saturated rings. The van der Waals surface area contributed by atoms with Gasteiger partial charge in [-0.2, -0.15) is 0 Å². The van der Waals surface area contributed by atoms with E-state index in [1.165, 1.54) is 0 Å². The van der Waals surface area contributed by atoms with Crippen molar-refractivity contribution in [2.45, 2.75) is 38.8 Å². The second-order valence-corrected chi connectivity index (χ2v) is 4.65. The first kappa shape index (κ1) is 13.2. The third kappa shape index (κ3) is 3.40. The molecule has 0 spiro atoms. The average molecular weight is 250 g/mol. The number of rotatable bonds is 5. The Balaban J connectivity index is 1.98. The fourth-order valence-corrected chi connectivity index (χ4v) is 2.21. The van der Waals surface area contributed by atoms with Gasteiger partial charge in [0.15, 0.2) is 0 Å². The number of nitrogens with zero attached hydrogens (tertiary/aromatic N) is 3.